The van der Waals surface area contributed by atoms with Gasteiger partial charge in [0.05, 0.1) is 5.92 Å². The first-order chi connectivity index (χ1) is 11.1. The summed E-state index contributed by atoms with van der Waals surface area (Å²) in [7, 11) is 0. The van der Waals surface area contributed by atoms with Gasteiger partial charge in [-0.3, -0.25) is 9.59 Å². The van der Waals surface area contributed by atoms with Crippen LogP contribution in [0.25, 0.3) is 10.8 Å². The molecule has 2 aromatic rings. The summed E-state index contributed by atoms with van der Waals surface area (Å²) in [5, 5.41) is 2.27. The van der Waals surface area contributed by atoms with E-state index in [9.17, 15) is 9.59 Å². The molecule has 2 aliphatic rings. The van der Waals surface area contributed by atoms with Crippen LogP contribution < -0.4 is 4.74 Å². The lowest BCUT2D eigenvalue weighted by atomic mass is 10.1. The van der Waals surface area contributed by atoms with Gasteiger partial charge in [0.2, 0.25) is 5.91 Å². The van der Waals surface area contributed by atoms with E-state index in [-0.39, 0.29) is 24.2 Å². The van der Waals surface area contributed by atoms with Gasteiger partial charge in [-0.05, 0) is 25.0 Å². The first kappa shape index (κ1) is 14.5. The fourth-order valence-corrected chi connectivity index (χ4v) is 3.37. The van der Waals surface area contributed by atoms with Crippen LogP contribution in [0.5, 0.6) is 5.75 Å². The number of likely N-dealkylation sites (tertiary alicyclic amines) is 1. The maximum absolute atomic E-state index is 12.4. The molecule has 4 rings (SSSR count). The third-order valence-corrected chi connectivity index (χ3v) is 4.85. The van der Waals surface area contributed by atoms with Gasteiger partial charge >= 0.3 is 5.97 Å². The Hall–Kier alpha value is -2.07. The number of carbonyl (C=O) groups excluding carboxylic acids is 2. The van der Waals surface area contributed by atoms with E-state index in [1.165, 1.54) is 0 Å². The van der Waals surface area contributed by atoms with E-state index in [1.54, 1.807) is 12.1 Å². The molecule has 1 amide bonds. The third-order valence-electron chi connectivity index (χ3n) is 4.52. The maximum atomic E-state index is 12.4. The highest BCUT2D eigenvalue weighted by molar-refractivity contribution is 6.35. The van der Waals surface area contributed by atoms with E-state index in [2.05, 4.69) is 0 Å². The van der Waals surface area contributed by atoms with E-state index in [0.717, 1.165) is 23.6 Å². The van der Waals surface area contributed by atoms with Crippen molar-refractivity contribution >= 4 is 34.2 Å². The van der Waals surface area contributed by atoms with Crippen molar-refractivity contribution in [1.82, 2.24) is 4.90 Å². The van der Waals surface area contributed by atoms with Crippen molar-refractivity contribution in [3.63, 3.8) is 0 Å². The Balaban J connectivity index is 1.55. The van der Waals surface area contributed by atoms with Gasteiger partial charge in [0.1, 0.15) is 5.75 Å². The molecule has 0 radical (unpaired) electrons. The van der Waals surface area contributed by atoms with Crippen molar-refractivity contribution < 1.29 is 14.3 Å². The Morgan fingerprint density at radius 1 is 1.13 bits per heavy atom. The molecule has 2 fully saturated rings. The number of amides is 1. The molecule has 1 saturated carbocycles. The number of benzene rings is 2. The molecule has 23 heavy (non-hydrogen) atoms. The monoisotopic (exact) mass is 329 g/mol. The molecule has 2 aromatic carbocycles. The number of esters is 1. The summed E-state index contributed by atoms with van der Waals surface area (Å²) in [6.45, 7) is 0.480. The van der Waals surface area contributed by atoms with E-state index < -0.39 is 0 Å². The molecule has 0 N–H and O–H groups in total. The zero-order valence-corrected chi connectivity index (χ0v) is 13.3. The van der Waals surface area contributed by atoms with Gasteiger partial charge < -0.3 is 9.64 Å². The van der Waals surface area contributed by atoms with Crippen LogP contribution in [0.4, 0.5) is 0 Å². The Morgan fingerprint density at radius 3 is 2.61 bits per heavy atom. The van der Waals surface area contributed by atoms with Crippen LogP contribution in [0.15, 0.2) is 36.4 Å². The molecular weight excluding hydrogens is 314 g/mol. The van der Waals surface area contributed by atoms with Crippen molar-refractivity contribution in [2.45, 2.75) is 25.3 Å². The Labute approximate surface area is 139 Å². The first-order valence-corrected chi connectivity index (χ1v) is 8.19. The van der Waals surface area contributed by atoms with Crippen LogP contribution in [0, 0.1) is 5.92 Å². The lowest BCUT2D eigenvalue weighted by Gasteiger charge is -2.15. The molecule has 4 nitrogen and oxygen atoms in total. The summed E-state index contributed by atoms with van der Waals surface area (Å²) in [5.41, 5.74) is 0. The smallest absolute Gasteiger partial charge is 0.316 e. The second-order valence-electron chi connectivity index (χ2n) is 6.19. The molecule has 1 atom stereocenters. The number of halogens is 1. The average molecular weight is 330 g/mol. The molecular formula is C18H16ClNO3. The van der Waals surface area contributed by atoms with Gasteiger partial charge in [-0.1, -0.05) is 35.9 Å². The lowest BCUT2D eigenvalue weighted by Crippen LogP contribution is -2.29. The van der Waals surface area contributed by atoms with Gasteiger partial charge in [0, 0.05) is 34.8 Å². The number of fused-ring (bicyclic) bond motifs is 1. The van der Waals surface area contributed by atoms with Crippen molar-refractivity contribution in [3.8, 4) is 5.75 Å². The average Bonchev–Trinajstić information content (AvgIpc) is 3.32. The van der Waals surface area contributed by atoms with E-state index in [4.69, 9.17) is 16.3 Å². The number of hydrogen-bond donors (Lipinski definition) is 0. The van der Waals surface area contributed by atoms with Crippen molar-refractivity contribution in [2.24, 2.45) is 5.92 Å². The fourth-order valence-electron chi connectivity index (χ4n) is 3.14. The Morgan fingerprint density at radius 2 is 1.87 bits per heavy atom. The van der Waals surface area contributed by atoms with Crippen LogP contribution in [0.3, 0.4) is 0 Å². The second kappa shape index (κ2) is 5.53. The topological polar surface area (TPSA) is 46.6 Å². The lowest BCUT2D eigenvalue weighted by molar-refractivity contribution is -0.139. The largest absolute Gasteiger partial charge is 0.426 e. The predicted molar refractivity (Wildman–Crippen MR) is 87.4 cm³/mol. The number of hydrogen-bond acceptors (Lipinski definition) is 3. The molecule has 5 heteroatoms. The quantitative estimate of drug-likeness (QED) is 0.640. The summed E-state index contributed by atoms with van der Waals surface area (Å²) in [5.74, 6) is -0.158. The van der Waals surface area contributed by atoms with Crippen LogP contribution in [-0.4, -0.2) is 29.4 Å². The predicted octanol–water partition coefficient (Wildman–Crippen LogP) is 3.41. The minimum Gasteiger partial charge on any atom is -0.426 e. The Bertz CT molecular complexity index is 800. The van der Waals surface area contributed by atoms with Crippen LogP contribution in [0.1, 0.15) is 19.3 Å². The summed E-state index contributed by atoms with van der Waals surface area (Å²) in [6.07, 6.45) is 2.35. The highest BCUT2D eigenvalue weighted by atomic mass is 35.5. The fraction of sp³-hybridized carbons (Fsp3) is 0.333. The summed E-state index contributed by atoms with van der Waals surface area (Å²) in [6, 6.07) is 11.3. The summed E-state index contributed by atoms with van der Waals surface area (Å²) >= 11 is 6.18. The Kier molecular flexibility index (Phi) is 3.49. The van der Waals surface area contributed by atoms with Crippen molar-refractivity contribution in [2.75, 3.05) is 6.54 Å². The zero-order valence-electron chi connectivity index (χ0n) is 12.5. The molecule has 118 valence electrons. The molecule has 0 unspecified atom stereocenters. The molecule has 0 aromatic heterocycles. The zero-order chi connectivity index (χ0) is 16.0. The molecule has 0 spiro atoms. The van der Waals surface area contributed by atoms with Gasteiger partial charge in [-0.2, -0.15) is 0 Å². The number of nitrogens with zero attached hydrogens (tertiary/aromatic N) is 1. The van der Waals surface area contributed by atoms with Gasteiger partial charge in [0.25, 0.3) is 0 Å². The van der Waals surface area contributed by atoms with Crippen molar-refractivity contribution in [1.29, 1.82) is 0 Å². The van der Waals surface area contributed by atoms with Crippen molar-refractivity contribution in [3.05, 3.63) is 41.4 Å². The molecule has 1 saturated heterocycles. The van der Waals surface area contributed by atoms with E-state index >= 15 is 0 Å². The highest BCUT2D eigenvalue weighted by Gasteiger charge is 2.42. The number of rotatable bonds is 3. The SMILES string of the molecule is O=C(Oc1ccc(Cl)c2ccccc12)[C@H]1CC(=O)N(C2CC2)C1. The number of carbonyl (C=O) groups is 2. The minimum absolute atomic E-state index is 0.0652. The van der Waals surface area contributed by atoms with Gasteiger partial charge in [-0.25, -0.2) is 0 Å². The minimum atomic E-state index is -0.377. The highest BCUT2D eigenvalue weighted by Crippen LogP contribution is 2.35. The third kappa shape index (κ3) is 2.68. The summed E-state index contributed by atoms with van der Waals surface area (Å²) in [4.78, 5) is 26.2. The van der Waals surface area contributed by atoms with Gasteiger partial charge in [-0.15, -0.1) is 0 Å². The van der Waals surface area contributed by atoms with Crippen LogP contribution in [0.2, 0.25) is 5.02 Å². The normalized spacial score (nSPS) is 21.0. The number of ether oxygens (including phenoxy) is 1. The van der Waals surface area contributed by atoms with Crippen LogP contribution >= 0.6 is 11.6 Å². The maximum Gasteiger partial charge on any atom is 0.316 e. The van der Waals surface area contributed by atoms with Crippen LogP contribution in [-0.2, 0) is 9.59 Å². The second-order valence-corrected chi connectivity index (χ2v) is 6.60. The molecule has 1 aliphatic carbocycles. The van der Waals surface area contributed by atoms with E-state index in [1.807, 2.05) is 29.2 Å². The first-order valence-electron chi connectivity index (χ1n) is 7.82. The molecule has 1 heterocycles. The molecule has 0 bridgehead atoms. The summed E-state index contributed by atoms with van der Waals surface area (Å²) < 4.78 is 5.59. The molecule has 1 aliphatic heterocycles. The van der Waals surface area contributed by atoms with E-state index in [0.29, 0.717) is 23.4 Å². The standard InChI is InChI=1S/C18H16ClNO3/c19-15-7-8-16(14-4-2-1-3-13(14)15)23-18(22)11-9-17(21)20(10-11)12-5-6-12/h1-4,7-8,11-12H,5-6,9-10H2/t11-/m0/s1. The van der Waals surface area contributed by atoms with Gasteiger partial charge in [0.15, 0.2) is 0 Å².